The Morgan fingerprint density at radius 1 is 0.345 bits per heavy atom. The van der Waals surface area contributed by atoms with E-state index in [2.05, 4.69) is 180 Å². The average molecular weight is 702 g/mol. The third-order valence-corrected chi connectivity index (χ3v) is 11.5. The van der Waals surface area contributed by atoms with Crippen LogP contribution in [0.2, 0.25) is 0 Å². The smallest absolute Gasteiger partial charge is 0.136 e. The van der Waals surface area contributed by atoms with Crippen LogP contribution in [0.25, 0.3) is 115 Å². The van der Waals surface area contributed by atoms with E-state index >= 15 is 0 Å². The fraction of sp³-hybridized carbons (Fsp3) is 0. The highest BCUT2D eigenvalue weighted by atomic mass is 16.3. The minimum Gasteiger partial charge on any atom is -0.464 e. The Labute approximate surface area is 315 Å². The van der Waals surface area contributed by atoms with Gasteiger partial charge >= 0.3 is 0 Å². The summed E-state index contributed by atoms with van der Waals surface area (Å²) in [6, 6.07) is 65.3. The van der Waals surface area contributed by atoms with Crippen molar-refractivity contribution in [1.82, 2.24) is 4.57 Å². The predicted octanol–water partition coefficient (Wildman–Crippen LogP) is 14.7. The molecule has 3 aromatic heterocycles. The van der Waals surface area contributed by atoms with Gasteiger partial charge in [-0.15, -0.1) is 0 Å². The molecule has 12 aromatic rings. The zero-order chi connectivity index (χ0) is 36.0. The predicted molar refractivity (Wildman–Crippen MR) is 229 cm³/mol. The minimum absolute atomic E-state index is 0.845. The highest BCUT2D eigenvalue weighted by Crippen LogP contribution is 2.48. The van der Waals surface area contributed by atoms with Crippen molar-refractivity contribution in [3.05, 3.63) is 188 Å². The lowest BCUT2D eigenvalue weighted by Crippen LogP contribution is -1.94. The Morgan fingerprint density at radius 2 is 0.964 bits per heavy atom. The summed E-state index contributed by atoms with van der Waals surface area (Å²) in [4.78, 5) is 0. The van der Waals surface area contributed by atoms with E-state index in [9.17, 15) is 0 Å². The summed E-state index contributed by atoms with van der Waals surface area (Å²) in [5, 5.41) is 10.5. The monoisotopic (exact) mass is 701 g/mol. The van der Waals surface area contributed by atoms with Crippen LogP contribution in [0.15, 0.2) is 197 Å². The molecular formula is C52H31NO2. The number of hydrogen-bond donors (Lipinski definition) is 0. The molecule has 9 aromatic carbocycles. The molecule has 0 atom stereocenters. The lowest BCUT2D eigenvalue weighted by molar-refractivity contribution is 0.617. The second kappa shape index (κ2) is 11.6. The summed E-state index contributed by atoms with van der Waals surface area (Å²) in [6.07, 6.45) is 1.86. The summed E-state index contributed by atoms with van der Waals surface area (Å²) in [7, 11) is 0. The quantitative estimate of drug-likeness (QED) is 0.171. The van der Waals surface area contributed by atoms with Gasteiger partial charge in [0.25, 0.3) is 0 Å². The van der Waals surface area contributed by atoms with E-state index in [0.717, 1.165) is 55.3 Å². The first-order chi connectivity index (χ1) is 27.3. The third kappa shape index (κ3) is 4.38. The van der Waals surface area contributed by atoms with Gasteiger partial charge in [0.05, 0.1) is 17.3 Å². The van der Waals surface area contributed by atoms with Gasteiger partial charge in [0.1, 0.15) is 16.7 Å². The molecule has 55 heavy (non-hydrogen) atoms. The maximum Gasteiger partial charge on any atom is 0.136 e. The van der Waals surface area contributed by atoms with E-state index in [-0.39, 0.29) is 0 Å². The van der Waals surface area contributed by atoms with E-state index in [0.29, 0.717) is 0 Å². The number of para-hydroxylation sites is 2. The Hall–Kier alpha value is -7.36. The van der Waals surface area contributed by atoms with Crippen molar-refractivity contribution < 1.29 is 8.83 Å². The van der Waals surface area contributed by atoms with Crippen LogP contribution in [0.5, 0.6) is 0 Å². The van der Waals surface area contributed by atoms with Crippen LogP contribution in [0.1, 0.15) is 0 Å². The number of fused-ring (bicyclic) bond motifs is 9. The molecule has 0 bridgehead atoms. The lowest BCUT2D eigenvalue weighted by Gasteiger charge is -2.18. The van der Waals surface area contributed by atoms with Crippen molar-refractivity contribution in [2.24, 2.45) is 0 Å². The fourth-order valence-corrected chi connectivity index (χ4v) is 9.11. The van der Waals surface area contributed by atoms with Crippen molar-refractivity contribution in [2.45, 2.75) is 0 Å². The third-order valence-electron chi connectivity index (χ3n) is 11.5. The standard InChI is InChI=1S/C52H31NO2/c1-3-14-32(15-4-1)44-31-54-48-30-43-49(29-42(44)48)55-47-25-13-23-41(52(43)47)51-39-21-9-7-19-37(39)50(38-20-8-10-22-40(38)51)33-26-27-36-35-18-11-12-24-45(35)53(46(36)28-33)34-16-5-2-6-17-34/h1-31H. The largest absolute Gasteiger partial charge is 0.464 e. The Balaban J connectivity index is 1.13. The van der Waals surface area contributed by atoms with E-state index in [1.807, 2.05) is 12.3 Å². The van der Waals surface area contributed by atoms with Crippen molar-refractivity contribution >= 4 is 76.3 Å². The molecular weight excluding hydrogens is 671 g/mol. The van der Waals surface area contributed by atoms with Gasteiger partial charge in [0, 0.05) is 38.2 Å². The van der Waals surface area contributed by atoms with Gasteiger partial charge in [-0.1, -0.05) is 140 Å². The number of rotatable bonds is 4. The first-order valence-corrected chi connectivity index (χ1v) is 18.7. The topological polar surface area (TPSA) is 31.2 Å². The van der Waals surface area contributed by atoms with E-state index in [4.69, 9.17) is 8.83 Å². The van der Waals surface area contributed by atoms with E-state index < -0.39 is 0 Å². The van der Waals surface area contributed by atoms with Gasteiger partial charge in [0.2, 0.25) is 0 Å². The molecule has 0 spiro atoms. The normalized spacial score (nSPS) is 12.0. The molecule has 0 unspecified atom stereocenters. The van der Waals surface area contributed by atoms with Gasteiger partial charge in [-0.3, -0.25) is 0 Å². The number of furan rings is 2. The molecule has 256 valence electrons. The Morgan fingerprint density at radius 3 is 1.71 bits per heavy atom. The molecule has 12 rings (SSSR count). The van der Waals surface area contributed by atoms with Crippen LogP contribution in [0.3, 0.4) is 0 Å². The Bertz CT molecular complexity index is 3420. The average Bonchev–Trinajstić information content (AvgIpc) is 3.93. The summed E-state index contributed by atoms with van der Waals surface area (Å²) in [6.45, 7) is 0. The second-order valence-electron chi connectivity index (χ2n) is 14.4. The van der Waals surface area contributed by atoms with Crippen LogP contribution in [-0.4, -0.2) is 4.57 Å². The maximum absolute atomic E-state index is 6.67. The van der Waals surface area contributed by atoms with Crippen LogP contribution in [0, 0.1) is 0 Å². The SMILES string of the molecule is c1ccc(-c2coc3cc4c(cc23)oc2cccc(-c3c5ccccc5c(-c5ccc6c7ccccc7n(-c7ccccc7)c6c5)c5ccccc35)c24)cc1. The zero-order valence-corrected chi connectivity index (χ0v) is 29.7. The number of aromatic nitrogens is 1. The van der Waals surface area contributed by atoms with Crippen LogP contribution < -0.4 is 0 Å². The molecule has 0 N–H and O–H groups in total. The van der Waals surface area contributed by atoms with Crippen molar-refractivity contribution in [3.8, 4) is 39.1 Å². The fourth-order valence-electron chi connectivity index (χ4n) is 9.11. The number of nitrogens with zero attached hydrogens (tertiary/aromatic N) is 1. The maximum atomic E-state index is 6.67. The molecule has 0 aliphatic rings. The first kappa shape index (κ1) is 30.1. The zero-order valence-electron chi connectivity index (χ0n) is 29.7. The highest BCUT2D eigenvalue weighted by Gasteiger charge is 2.22. The number of benzene rings is 9. The molecule has 0 radical (unpaired) electrons. The van der Waals surface area contributed by atoms with Crippen molar-refractivity contribution in [1.29, 1.82) is 0 Å². The van der Waals surface area contributed by atoms with Gasteiger partial charge in [-0.25, -0.2) is 0 Å². The number of hydrogen-bond acceptors (Lipinski definition) is 2. The first-order valence-electron chi connectivity index (χ1n) is 18.7. The summed E-state index contributed by atoms with van der Waals surface area (Å²) in [5.74, 6) is 0. The molecule has 3 nitrogen and oxygen atoms in total. The highest BCUT2D eigenvalue weighted by molar-refractivity contribution is 6.26. The van der Waals surface area contributed by atoms with Gasteiger partial charge in [-0.05, 0) is 91.8 Å². The van der Waals surface area contributed by atoms with E-state index in [1.165, 1.54) is 60.0 Å². The molecule has 0 amide bonds. The lowest BCUT2D eigenvalue weighted by atomic mass is 9.85. The van der Waals surface area contributed by atoms with Crippen molar-refractivity contribution in [2.75, 3.05) is 0 Å². The molecule has 0 aliphatic heterocycles. The molecule has 3 heteroatoms. The van der Waals surface area contributed by atoms with E-state index in [1.54, 1.807) is 0 Å². The summed E-state index contributed by atoms with van der Waals surface area (Å²) in [5.41, 5.74) is 13.0. The van der Waals surface area contributed by atoms with Crippen LogP contribution >= 0.6 is 0 Å². The molecule has 3 heterocycles. The van der Waals surface area contributed by atoms with Crippen LogP contribution in [-0.2, 0) is 0 Å². The minimum atomic E-state index is 0.845. The molecule has 0 aliphatic carbocycles. The molecule has 0 fully saturated rings. The Kier molecular flexibility index (Phi) is 6.34. The van der Waals surface area contributed by atoms with Crippen molar-refractivity contribution in [3.63, 3.8) is 0 Å². The van der Waals surface area contributed by atoms with Crippen LogP contribution in [0.4, 0.5) is 0 Å². The van der Waals surface area contributed by atoms with Gasteiger partial charge in [0.15, 0.2) is 0 Å². The molecule has 0 saturated heterocycles. The van der Waals surface area contributed by atoms with Gasteiger partial charge < -0.3 is 13.4 Å². The second-order valence-corrected chi connectivity index (χ2v) is 14.4. The molecule has 0 saturated carbocycles. The van der Waals surface area contributed by atoms with Gasteiger partial charge in [-0.2, -0.15) is 0 Å². The summed E-state index contributed by atoms with van der Waals surface area (Å²) < 4.78 is 15.3. The summed E-state index contributed by atoms with van der Waals surface area (Å²) >= 11 is 0.